The van der Waals surface area contributed by atoms with Crippen LogP contribution in [0.4, 0.5) is 4.39 Å². The Morgan fingerprint density at radius 1 is 1.21 bits per heavy atom. The van der Waals surface area contributed by atoms with Gasteiger partial charge in [-0.05, 0) is 36.2 Å². The Balaban J connectivity index is 2.10. The molecule has 7 heteroatoms. The molecule has 2 heterocycles. The minimum Gasteiger partial charge on any atom is -0.325 e. The molecule has 0 bridgehead atoms. The number of pyridine rings is 1. The van der Waals surface area contributed by atoms with Crippen LogP contribution in [0.25, 0.3) is 11.0 Å². The molecule has 2 aromatic heterocycles. The van der Waals surface area contributed by atoms with Gasteiger partial charge in [-0.2, -0.15) is 0 Å². The molecule has 3 aromatic rings. The van der Waals surface area contributed by atoms with Gasteiger partial charge in [-0.25, -0.2) is 22.9 Å². The largest absolute Gasteiger partial charge is 0.325 e. The maximum Gasteiger partial charge on any atom is 0.239 e. The van der Waals surface area contributed by atoms with E-state index >= 15 is 0 Å². The minimum absolute atomic E-state index is 0.00280. The number of primary sulfonamides is 1. The third-order valence-corrected chi connectivity index (χ3v) is 4.76. The van der Waals surface area contributed by atoms with Crippen molar-refractivity contribution in [2.45, 2.75) is 31.2 Å². The first-order valence-corrected chi connectivity index (χ1v) is 9.18. The molecule has 2 N–H and O–H groups in total. The topological polar surface area (TPSA) is 78.0 Å². The van der Waals surface area contributed by atoms with E-state index in [-0.39, 0.29) is 10.7 Å². The predicted molar refractivity (Wildman–Crippen MR) is 90.6 cm³/mol. The number of aryl methyl sites for hydroxylation is 1. The van der Waals surface area contributed by atoms with Gasteiger partial charge in [-0.3, -0.25) is 0 Å². The standard InChI is InChI=1S/C17H18FN3O2S/c1-2-3-15-8-13-9-16(24(19,22)23)10-20-17(13)21(15)11-12-4-6-14(18)7-5-12/h4-10H,2-3,11H2,1H3,(H2,19,22,23). The van der Waals surface area contributed by atoms with Gasteiger partial charge >= 0.3 is 0 Å². The average molecular weight is 347 g/mol. The van der Waals surface area contributed by atoms with Crippen LogP contribution in [0.3, 0.4) is 0 Å². The minimum atomic E-state index is -3.79. The summed E-state index contributed by atoms with van der Waals surface area (Å²) in [6.45, 7) is 2.62. The Morgan fingerprint density at radius 3 is 2.54 bits per heavy atom. The van der Waals surface area contributed by atoms with Crippen LogP contribution in [0.15, 0.2) is 47.5 Å². The third-order valence-electron chi connectivity index (χ3n) is 3.88. The van der Waals surface area contributed by atoms with Crippen LogP contribution in [0.5, 0.6) is 0 Å². The van der Waals surface area contributed by atoms with Gasteiger partial charge in [0.05, 0.1) is 0 Å². The zero-order valence-electron chi connectivity index (χ0n) is 13.2. The molecule has 0 atom stereocenters. The Morgan fingerprint density at radius 2 is 1.92 bits per heavy atom. The van der Waals surface area contributed by atoms with Crippen molar-refractivity contribution >= 4 is 21.1 Å². The molecule has 0 radical (unpaired) electrons. The van der Waals surface area contributed by atoms with Gasteiger partial charge in [0.15, 0.2) is 0 Å². The van der Waals surface area contributed by atoms with Gasteiger partial charge < -0.3 is 4.57 Å². The molecule has 0 amide bonds. The van der Waals surface area contributed by atoms with Crippen LogP contribution < -0.4 is 5.14 Å². The van der Waals surface area contributed by atoms with E-state index in [1.54, 1.807) is 12.1 Å². The highest BCUT2D eigenvalue weighted by Gasteiger charge is 2.14. The van der Waals surface area contributed by atoms with Crippen LogP contribution in [0, 0.1) is 5.82 Å². The Kier molecular flexibility index (Phi) is 4.38. The number of halogens is 1. The van der Waals surface area contributed by atoms with E-state index in [1.165, 1.54) is 24.4 Å². The van der Waals surface area contributed by atoms with Gasteiger partial charge in [-0.1, -0.05) is 25.5 Å². The molecule has 0 saturated heterocycles. The second kappa shape index (κ2) is 6.33. The second-order valence-corrected chi connectivity index (χ2v) is 7.29. The summed E-state index contributed by atoms with van der Waals surface area (Å²) in [4.78, 5) is 4.29. The molecule has 0 fully saturated rings. The molecule has 1 aromatic carbocycles. The van der Waals surface area contributed by atoms with E-state index in [0.29, 0.717) is 12.2 Å². The van der Waals surface area contributed by atoms with Crippen molar-refractivity contribution in [2.75, 3.05) is 0 Å². The molecule has 24 heavy (non-hydrogen) atoms. The molecular weight excluding hydrogens is 329 g/mol. The Bertz CT molecular complexity index is 979. The van der Waals surface area contributed by atoms with Gasteiger partial charge in [0.25, 0.3) is 0 Å². The van der Waals surface area contributed by atoms with E-state index in [2.05, 4.69) is 11.9 Å². The van der Waals surface area contributed by atoms with Crippen LogP contribution in [-0.2, 0) is 23.0 Å². The summed E-state index contributed by atoms with van der Waals surface area (Å²) < 4.78 is 38.1. The number of hydrogen-bond acceptors (Lipinski definition) is 3. The van der Waals surface area contributed by atoms with Crippen LogP contribution in [0.1, 0.15) is 24.6 Å². The van der Waals surface area contributed by atoms with Crippen molar-refractivity contribution in [2.24, 2.45) is 5.14 Å². The Hall–Kier alpha value is -2.25. The van der Waals surface area contributed by atoms with Crippen molar-refractivity contribution < 1.29 is 12.8 Å². The number of nitrogens with zero attached hydrogens (tertiary/aromatic N) is 2. The smallest absolute Gasteiger partial charge is 0.239 e. The van der Waals surface area contributed by atoms with Crippen LogP contribution in [0.2, 0.25) is 0 Å². The molecule has 126 valence electrons. The number of hydrogen-bond donors (Lipinski definition) is 1. The molecule has 3 rings (SSSR count). The number of benzene rings is 1. The molecule has 0 unspecified atom stereocenters. The monoisotopic (exact) mass is 347 g/mol. The first kappa shape index (κ1) is 16.6. The summed E-state index contributed by atoms with van der Waals surface area (Å²) in [6, 6.07) is 9.79. The number of nitrogens with two attached hydrogens (primary N) is 1. The highest BCUT2D eigenvalue weighted by molar-refractivity contribution is 7.89. The van der Waals surface area contributed by atoms with Gasteiger partial charge in [0, 0.05) is 23.8 Å². The summed E-state index contributed by atoms with van der Waals surface area (Å²) in [5, 5.41) is 5.91. The van der Waals surface area contributed by atoms with E-state index in [0.717, 1.165) is 29.5 Å². The van der Waals surface area contributed by atoms with Crippen LogP contribution >= 0.6 is 0 Å². The molecule has 0 aliphatic rings. The number of aromatic nitrogens is 2. The van der Waals surface area contributed by atoms with Crippen molar-refractivity contribution in [3.05, 3.63) is 59.7 Å². The maximum absolute atomic E-state index is 13.1. The lowest BCUT2D eigenvalue weighted by atomic mass is 10.2. The SMILES string of the molecule is CCCc1cc2cc(S(N)(=O)=O)cnc2n1Cc1ccc(F)cc1. The van der Waals surface area contributed by atoms with Gasteiger partial charge in [0.2, 0.25) is 10.0 Å². The molecule has 0 aliphatic heterocycles. The summed E-state index contributed by atoms with van der Waals surface area (Å²) >= 11 is 0. The fourth-order valence-electron chi connectivity index (χ4n) is 2.75. The average Bonchev–Trinajstić information content (AvgIpc) is 2.86. The number of fused-ring (bicyclic) bond motifs is 1. The molecule has 5 nitrogen and oxygen atoms in total. The number of rotatable bonds is 5. The molecule has 0 aliphatic carbocycles. The highest BCUT2D eigenvalue weighted by atomic mass is 32.2. The summed E-state index contributed by atoms with van der Waals surface area (Å²) in [6.07, 6.45) is 3.05. The summed E-state index contributed by atoms with van der Waals surface area (Å²) in [5.74, 6) is -0.277. The first-order valence-electron chi connectivity index (χ1n) is 7.64. The first-order chi connectivity index (χ1) is 11.4. The highest BCUT2D eigenvalue weighted by Crippen LogP contribution is 2.23. The fourth-order valence-corrected chi connectivity index (χ4v) is 3.24. The third kappa shape index (κ3) is 3.32. The van der Waals surface area contributed by atoms with Crippen molar-refractivity contribution in [1.29, 1.82) is 0 Å². The van der Waals surface area contributed by atoms with E-state index in [9.17, 15) is 12.8 Å². The van der Waals surface area contributed by atoms with Crippen molar-refractivity contribution in [1.82, 2.24) is 9.55 Å². The lowest BCUT2D eigenvalue weighted by Crippen LogP contribution is -2.12. The molecular formula is C17H18FN3O2S. The number of sulfonamides is 1. The maximum atomic E-state index is 13.1. The summed E-state index contributed by atoms with van der Waals surface area (Å²) in [7, 11) is -3.79. The van der Waals surface area contributed by atoms with Gasteiger partial charge in [-0.15, -0.1) is 0 Å². The quantitative estimate of drug-likeness (QED) is 0.771. The normalized spacial score (nSPS) is 12.0. The zero-order chi connectivity index (χ0) is 17.3. The summed E-state index contributed by atoms with van der Waals surface area (Å²) in [5.41, 5.74) is 2.69. The van der Waals surface area contributed by atoms with Crippen molar-refractivity contribution in [3.8, 4) is 0 Å². The van der Waals surface area contributed by atoms with E-state index < -0.39 is 10.0 Å². The fraction of sp³-hybridized carbons (Fsp3) is 0.235. The van der Waals surface area contributed by atoms with Crippen molar-refractivity contribution in [3.63, 3.8) is 0 Å². The van der Waals surface area contributed by atoms with E-state index in [4.69, 9.17) is 5.14 Å². The molecule has 0 spiro atoms. The molecule has 0 saturated carbocycles. The van der Waals surface area contributed by atoms with Crippen LogP contribution in [-0.4, -0.2) is 18.0 Å². The zero-order valence-corrected chi connectivity index (χ0v) is 14.1. The lowest BCUT2D eigenvalue weighted by molar-refractivity contribution is 0.597. The Labute approximate surface area is 140 Å². The van der Waals surface area contributed by atoms with Gasteiger partial charge in [0.1, 0.15) is 16.4 Å². The lowest BCUT2D eigenvalue weighted by Gasteiger charge is -2.10. The van der Waals surface area contributed by atoms with E-state index in [1.807, 2.05) is 10.6 Å². The predicted octanol–water partition coefficient (Wildman–Crippen LogP) is 2.82. The second-order valence-electron chi connectivity index (χ2n) is 5.73.